The summed E-state index contributed by atoms with van der Waals surface area (Å²) in [6, 6.07) is 16.9. The maximum atomic E-state index is 14.8. The van der Waals surface area contributed by atoms with Crippen molar-refractivity contribution in [3.8, 4) is 0 Å². The fourth-order valence-corrected chi connectivity index (χ4v) is 4.56. The van der Waals surface area contributed by atoms with Gasteiger partial charge in [0.1, 0.15) is 5.82 Å². The predicted octanol–water partition coefficient (Wildman–Crippen LogP) is 5.24. The van der Waals surface area contributed by atoms with Gasteiger partial charge < -0.3 is 15.6 Å². The summed E-state index contributed by atoms with van der Waals surface area (Å²) in [5, 5.41) is 10.2. The first-order valence-corrected chi connectivity index (χ1v) is 9.88. The molecule has 0 saturated carbocycles. The molecular weight excluding hydrogens is 349 g/mol. The molecule has 4 heteroatoms. The van der Waals surface area contributed by atoms with Crippen molar-refractivity contribution in [1.29, 1.82) is 0 Å². The van der Waals surface area contributed by atoms with E-state index in [1.165, 1.54) is 16.3 Å². The van der Waals surface area contributed by atoms with Crippen LogP contribution in [0.4, 0.5) is 10.1 Å². The number of aromatic amines is 1. The van der Waals surface area contributed by atoms with Crippen LogP contribution in [0.3, 0.4) is 0 Å². The van der Waals surface area contributed by atoms with Crippen molar-refractivity contribution >= 4 is 27.4 Å². The standard InChI is InChI=1S/C24H24FN3/c1-14-7-8-20-22(23(14)25)19-9-10-27-21(24(19)28-20)13-16-12-17(26-2)11-15-5-3-4-6-18(15)16/h3-8,11-12,21,26-28H,9-10,13H2,1-2H3. The molecule has 4 aromatic rings. The van der Waals surface area contributed by atoms with Crippen LogP contribution in [0.2, 0.25) is 0 Å². The fourth-order valence-electron chi connectivity index (χ4n) is 4.56. The van der Waals surface area contributed by atoms with Crippen molar-refractivity contribution in [1.82, 2.24) is 10.3 Å². The summed E-state index contributed by atoms with van der Waals surface area (Å²) in [5.41, 5.74) is 6.28. The van der Waals surface area contributed by atoms with Crippen LogP contribution in [0.5, 0.6) is 0 Å². The Morgan fingerprint density at radius 3 is 2.86 bits per heavy atom. The summed E-state index contributed by atoms with van der Waals surface area (Å²) in [6.07, 6.45) is 1.71. The van der Waals surface area contributed by atoms with E-state index < -0.39 is 0 Å². The van der Waals surface area contributed by atoms with Gasteiger partial charge in [0.05, 0.1) is 6.04 Å². The van der Waals surface area contributed by atoms with E-state index in [0.29, 0.717) is 5.56 Å². The van der Waals surface area contributed by atoms with Crippen molar-refractivity contribution in [3.05, 3.63) is 76.7 Å². The SMILES string of the molecule is CNc1cc(CC2NCCc3c2[nH]c2ccc(C)c(F)c32)c2ccccc2c1. The number of anilines is 1. The van der Waals surface area contributed by atoms with Gasteiger partial charge in [-0.3, -0.25) is 0 Å². The summed E-state index contributed by atoms with van der Waals surface area (Å²) in [4.78, 5) is 3.51. The van der Waals surface area contributed by atoms with Crippen LogP contribution in [-0.2, 0) is 12.8 Å². The average molecular weight is 373 g/mol. The zero-order valence-corrected chi connectivity index (χ0v) is 16.2. The van der Waals surface area contributed by atoms with E-state index >= 15 is 0 Å². The van der Waals surface area contributed by atoms with E-state index in [-0.39, 0.29) is 11.9 Å². The van der Waals surface area contributed by atoms with Gasteiger partial charge in [0.2, 0.25) is 0 Å². The highest BCUT2D eigenvalue weighted by Crippen LogP contribution is 2.35. The predicted molar refractivity (Wildman–Crippen MR) is 115 cm³/mol. The van der Waals surface area contributed by atoms with E-state index in [1.807, 2.05) is 26.1 Å². The third-order valence-electron chi connectivity index (χ3n) is 6.01. The maximum Gasteiger partial charge on any atom is 0.135 e. The van der Waals surface area contributed by atoms with Crippen molar-refractivity contribution in [2.24, 2.45) is 0 Å². The first-order chi connectivity index (χ1) is 13.7. The highest BCUT2D eigenvalue weighted by Gasteiger charge is 2.26. The van der Waals surface area contributed by atoms with Gasteiger partial charge in [-0.2, -0.15) is 0 Å². The van der Waals surface area contributed by atoms with Gasteiger partial charge in [-0.1, -0.05) is 30.3 Å². The molecule has 0 amide bonds. The monoisotopic (exact) mass is 373 g/mol. The number of rotatable bonds is 3. The molecule has 28 heavy (non-hydrogen) atoms. The quantitative estimate of drug-likeness (QED) is 0.460. The zero-order valence-electron chi connectivity index (χ0n) is 16.2. The van der Waals surface area contributed by atoms with Gasteiger partial charge in [-0.15, -0.1) is 0 Å². The van der Waals surface area contributed by atoms with E-state index in [0.717, 1.165) is 47.2 Å². The molecule has 0 saturated heterocycles. The number of hydrogen-bond acceptors (Lipinski definition) is 2. The Bertz CT molecular complexity index is 1190. The summed E-state index contributed by atoms with van der Waals surface area (Å²) < 4.78 is 14.8. The van der Waals surface area contributed by atoms with Gasteiger partial charge in [0.25, 0.3) is 0 Å². The van der Waals surface area contributed by atoms with E-state index in [2.05, 4.69) is 52.0 Å². The largest absolute Gasteiger partial charge is 0.388 e. The molecule has 1 unspecified atom stereocenters. The third-order valence-corrected chi connectivity index (χ3v) is 6.01. The molecule has 0 radical (unpaired) electrons. The molecule has 3 N–H and O–H groups in total. The number of halogens is 1. The van der Waals surface area contributed by atoms with Crippen LogP contribution in [-0.4, -0.2) is 18.6 Å². The summed E-state index contributed by atoms with van der Waals surface area (Å²) in [6.45, 7) is 2.70. The molecule has 1 aromatic heterocycles. The number of fused-ring (bicyclic) bond motifs is 4. The van der Waals surface area contributed by atoms with Gasteiger partial charge in [0.15, 0.2) is 0 Å². The van der Waals surface area contributed by atoms with Crippen LogP contribution in [0.15, 0.2) is 48.5 Å². The average Bonchev–Trinajstić information content (AvgIpc) is 3.11. The second-order valence-corrected chi connectivity index (χ2v) is 7.70. The van der Waals surface area contributed by atoms with E-state index in [4.69, 9.17) is 0 Å². The number of H-pyrrole nitrogens is 1. The highest BCUT2D eigenvalue weighted by molar-refractivity contribution is 5.89. The van der Waals surface area contributed by atoms with Gasteiger partial charge >= 0.3 is 0 Å². The van der Waals surface area contributed by atoms with E-state index in [1.54, 1.807) is 0 Å². The lowest BCUT2D eigenvalue weighted by atomic mass is 9.92. The Morgan fingerprint density at radius 2 is 2.00 bits per heavy atom. The topological polar surface area (TPSA) is 39.8 Å². The Morgan fingerprint density at radius 1 is 1.14 bits per heavy atom. The van der Waals surface area contributed by atoms with Gasteiger partial charge in [-0.05, 0) is 72.0 Å². The van der Waals surface area contributed by atoms with Gasteiger partial charge in [-0.25, -0.2) is 4.39 Å². The number of hydrogen-bond donors (Lipinski definition) is 3. The number of benzene rings is 3. The molecule has 3 aromatic carbocycles. The van der Waals surface area contributed by atoms with Gasteiger partial charge in [0, 0.05) is 29.3 Å². The first-order valence-electron chi connectivity index (χ1n) is 9.88. The van der Waals surface area contributed by atoms with Crippen molar-refractivity contribution < 1.29 is 4.39 Å². The van der Waals surface area contributed by atoms with Crippen molar-refractivity contribution in [2.75, 3.05) is 18.9 Å². The molecule has 0 bridgehead atoms. The minimum absolute atomic E-state index is 0.0849. The summed E-state index contributed by atoms with van der Waals surface area (Å²) in [7, 11) is 1.95. The molecule has 0 aliphatic carbocycles. The smallest absolute Gasteiger partial charge is 0.135 e. The Kier molecular flexibility index (Phi) is 4.09. The van der Waals surface area contributed by atoms with Crippen LogP contribution in [0.1, 0.15) is 28.4 Å². The van der Waals surface area contributed by atoms with Crippen molar-refractivity contribution in [2.45, 2.75) is 25.8 Å². The highest BCUT2D eigenvalue weighted by atomic mass is 19.1. The molecule has 0 spiro atoms. The van der Waals surface area contributed by atoms with Crippen LogP contribution >= 0.6 is 0 Å². The Balaban J connectivity index is 1.62. The Labute approximate surface area is 164 Å². The fraction of sp³-hybridized carbons (Fsp3) is 0.250. The molecule has 1 atom stereocenters. The normalized spacial score (nSPS) is 16.5. The number of aromatic nitrogens is 1. The maximum absolute atomic E-state index is 14.8. The molecule has 0 fully saturated rings. The number of aryl methyl sites for hydroxylation is 1. The molecule has 1 aliphatic rings. The molecule has 3 nitrogen and oxygen atoms in total. The molecule has 2 heterocycles. The van der Waals surface area contributed by atoms with Crippen LogP contribution in [0, 0.1) is 12.7 Å². The Hall–Kier alpha value is -2.85. The second kappa shape index (κ2) is 6.64. The van der Waals surface area contributed by atoms with Crippen LogP contribution < -0.4 is 10.6 Å². The third kappa shape index (κ3) is 2.68. The second-order valence-electron chi connectivity index (χ2n) is 7.70. The molecule has 1 aliphatic heterocycles. The van der Waals surface area contributed by atoms with Crippen LogP contribution in [0.25, 0.3) is 21.7 Å². The lowest BCUT2D eigenvalue weighted by molar-refractivity contribution is 0.495. The molecule has 142 valence electrons. The lowest BCUT2D eigenvalue weighted by Gasteiger charge is -2.25. The zero-order chi connectivity index (χ0) is 19.3. The number of nitrogens with one attached hydrogen (secondary N) is 3. The molecule has 5 rings (SSSR count). The van der Waals surface area contributed by atoms with E-state index in [9.17, 15) is 4.39 Å². The summed E-state index contributed by atoms with van der Waals surface area (Å²) in [5.74, 6) is -0.0849. The lowest BCUT2D eigenvalue weighted by Crippen LogP contribution is -2.31. The summed E-state index contributed by atoms with van der Waals surface area (Å²) >= 11 is 0. The minimum Gasteiger partial charge on any atom is -0.388 e. The molecular formula is C24H24FN3. The van der Waals surface area contributed by atoms with Crippen molar-refractivity contribution in [3.63, 3.8) is 0 Å². The first kappa shape index (κ1) is 17.3. The minimum atomic E-state index is -0.0849.